The van der Waals surface area contributed by atoms with Crippen LogP contribution in [0, 0.1) is 24.1 Å². The van der Waals surface area contributed by atoms with E-state index >= 15 is 4.39 Å². The van der Waals surface area contributed by atoms with E-state index in [4.69, 9.17) is 22.8 Å². The Labute approximate surface area is 236 Å². The fourth-order valence-electron chi connectivity index (χ4n) is 4.24. The van der Waals surface area contributed by atoms with Gasteiger partial charge in [-0.1, -0.05) is 23.6 Å². The Morgan fingerprint density at radius 3 is 2.45 bits per heavy atom. The first-order valence-corrected chi connectivity index (χ1v) is 12.9. The highest BCUT2D eigenvalue weighted by atomic mass is 35.5. The second-order valence-electron chi connectivity index (χ2n) is 9.22. The second kappa shape index (κ2) is 13.1. The highest BCUT2D eigenvalue weighted by Gasteiger charge is 2.22. The molecular weight excluding hydrogens is 535 g/mol. The minimum absolute atomic E-state index is 0.0212. The maximum absolute atomic E-state index is 15.0. The number of hydrazone groups is 1. The number of piperidine rings is 1. The molecule has 0 spiro atoms. The summed E-state index contributed by atoms with van der Waals surface area (Å²) in [5, 5.41) is 21.1. The van der Waals surface area contributed by atoms with Crippen LogP contribution in [0.2, 0.25) is 5.02 Å². The van der Waals surface area contributed by atoms with Gasteiger partial charge in [-0.15, -0.1) is 6.42 Å². The molecule has 4 rings (SSSR count). The van der Waals surface area contributed by atoms with Gasteiger partial charge in [0.2, 0.25) is 0 Å². The summed E-state index contributed by atoms with van der Waals surface area (Å²) in [6, 6.07) is 13.6. The molecule has 8 nitrogen and oxygen atoms in total. The summed E-state index contributed by atoms with van der Waals surface area (Å²) in [5.74, 6) is 0.808. The molecule has 3 aromatic rings. The zero-order chi connectivity index (χ0) is 28.6. The van der Waals surface area contributed by atoms with E-state index in [1.54, 1.807) is 30.3 Å². The van der Waals surface area contributed by atoms with Crippen LogP contribution in [0.4, 0.5) is 15.8 Å². The number of aliphatic hydroxyl groups excluding tert-OH is 1. The lowest BCUT2D eigenvalue weighted by atomic mass is 9.99. The summed E-state index contributed by atoms with van der Waals surface area (Å²) in [7, 11) is 1.36. The number of rotatable bonds is 8. The molecule has 0 atom stereocenters. The van der Waals surface area contributed by atoms with E-state index in [2.05, 4.69) is 21.7 Å². The van der Waals surface area contributed by atoms with Gasteiger partial charge in [-0.05, 0) is 66.8 Å². The number of nitrogens with one attached hydrogen (secondary N) is 2. The minimum atomic E-state index is -0.778. The summed E-state index contributed by atoms with van der Waals surface area (Å²) in [5.41, 5.74) is 1.44. The molecule has 0 bridgehead atoms. The molecule has 40 heavy (non-hydrogen) atoms. The van der Waals surface area contributed by atoms with Crippen molar-refractivity contribution in [2.24, 2.45) is 11.0 Å². The van der Waals surface area contributed by atoms with Crippen LogP contribution < -0.4 is 15.4 Å². The lowest BCUT2D eigenvalue weighted by Gasteiger charge is -2.28. The van der Waals surface area contributed by atoms with Gasteiger partial charge in [-0.25, -0.2) is 4.39 Å². The Balaban J connectivity index is 1.52. The lowest BCUT2D eigenvalue weighted by molar-refractivity contribution is 0.102. The van der Waals surface area contributed by atoms with Crippen molar-refractivity contribution in [2.75, 3.05) is 37.4 Å². The number of halogens is 2. The average Bonchev–Trinajstić information content (AvgIpc) is 2.97. The molecule has 1 aliphatic heterocycles. The summed E-state index contributed by atoms with van der Waals surface area (Å²) in [6.45, 7) is 1.58. The second-order valence-corrected chi connectivity index (χ2v) is 9.66. The first-order chi connectivity index (χ1) is 19.3. The Morgan fingerprint density at radius 2 is 1.82 bits per heavy atom. The fraction of sp³-hybridized carbons (Fsp3) is 0.233. The number of carbonyl (C=O) groups is 2. The molecule has 3 aromatic carbocycles. The van der Waals surface area contributed by atoms with Crippen molar-refractivity contribution in [3.63, 3.8) is 0 Å². The topological polar surface area (TPSA) is 103 Å². The number of ether oxygens (including phenoxy) is 1. The zero-order valence-electron chi connectivity index (χ0n) is 21.8. The van der Waals surface area contributed by atoms with E-state index < -0.39 is 17.6 Å². The number of methoxy groups -OCH3 is 1. The van der Waals surface area contributed by atoms with Gasteiger partial charge in [0.25, 0.3) is 11.8 Å². The van der Waals surface area contributed by atoms with Crippen molar-refractivity contribution in [1.82, 2.24) is 5.01 Å². The fourth-order valence-corrected chi connectivity index (χ4v) is 4.45. The standard InChI is InChI=1S/C30H28ClFN4O4/c1-3-19-4-7-23(8-5-19)34-30(39)25-15-22(31)16-27(40-2)28(25)35-29(38)24-9-6-21(14-26(24)32)17-33-36-12-10-20(18-37)11-13-36/h1,4-9,14-17,20,37H,10-13,18H2,2H3,(H,34,39)(H,35,38). The number of amides is 2. The number of carbonyl (C=O) groups excluding carboxylic acids is 2. The Morgan fingerprint density at radius 1 is 1.12 bits per heavy atom. The predicted molar refractivity (Wildman–Crippen MR) is 154 cm³/mol. The Hall–Kier alpha value is -4.39. The molecule has 0 radical (unpaired) electrons. The molecule has 1 fully saturated rings. The minimum Gasteiger partial charge on any atom is -0.494 e. The number of hydrogen-bond acceptors (Lipinski definition) is 6. The number of aliphatic hydroxyl groups is 1. The molecule has 0 saturated carbocycles. The van der Waals surface area contributed by atoms with Crippen molar-refractivity contribution in [3.8, 4) is 18.1 Å². The third kappa shape index (κ3) is 6.97. The quantitative estimate of drug-likeness (QED) is 0.264. The first kappa shape index (κ1) is 28.6. The SMILES string of the molecule is C#Cc1ccc(NC(=O)c2cc(Cl)cc(OC)c2NC(=O)c2ccc(C=NN3CCC(CO)CC3)cc2F)cc1. The van der Waals surface area contributed by atoms with Gasteiger partial charge in [0.15, 0.2) is 0 Å². The lowest BCUT2D eigenvalue weighted by Crippen LogP contribution is -2.31. The number of nitrogens with zero attached hydrogens (tertiary/aromatic N) is 2. The van der Waals surface area contributed by atoms with E-state index in [-0.39, 0.29) is 40.1 Å². The first-order valence-electron chi connectivity index (χ1n) is 12.6. The van der Waals surface area contributed by atoms with Crippen LogP contribution in [0.15, 0.2) is 59.7 Å². The van der Waals surface area contributed by atoms with Crippen LogP contribution in [0.25, 0.3) is 0 Å². The summed E-state index contributed by atoms with van der Waals surface area (Å²) in [4.78, 5) is 26.3. The van der Waals surface area contributed by atoms with Gasteiger partial charge in [-0.2, -0.15) is 5.10 Å². The summed E-state index contributed by atoms with van der Waals surface area (Å²) >= 11 is 6.20. The smallest absolute Gasteiger partial charge is 0.258 e. The zero-order valence-corrected chi connectivity index (χ0v) is 22.5. The molecule has 0 aromatic heterocycles. The predicted octanol–water partition coefficient (Wildman–Crippen LogP) is 5.01. The van der Waals surface area contributed by atoms with Crippen LogP contribution in [0.5, 0.6) is 5.75 Å². The largest absolute Gasteiger partial charge is 0.494 e. The van der Waals surface area contributed by atoms with Gasteiger partial charge in [0.05, 0.1) is 30.1 Å². The van der Waals surface area contributed by atoms with E-state index in [0.29, 0.717) is 29.9 Å². The molecule has 2 amide bonds. The van der Waals surface area contributed by atoms with Crippen LogP contribution in [-0.2, 0) is 0 Å². The van der Waals surface area contributed by atoms with Crippen LogP contribution >= 0.6 is 11.6 Å². The van der Waals surface area contributed by atoms with Crippen molar-refractivity contribution in [3.05, 3.63) is 87.7 Å². The van der Waals surface area contributed by atoms with Gasteiger partial charge in [-0.3, -0.25) is 14.6 Å². The molecule has 1 heterocycles. The van der Waals surface area contributed by atoms with Gasteiger partial charge >= 0.3 is 0 Å². The van der Waals surface area contributed by atoms with E-state index in [9.17, 15) is 14.7 Å². The molecule has 1 aliphatic rings. The summed E-state index contributed by atoms with van der Waals surface area (Å²) < 4.78 is 20.4. The van der Waals surface area contributed by atoms with Crippen LogP contribution in [0.1, 0.15) is 44.7 Å². The van der Waals surface area contributed by atoms with E-state index in [0.717, 1.165) is 12.8 Å². The third-order valence-electron chi connectivity index (χ3n) is 6.54. The van der Waals surface area contributed by atoms with Crippen molar-refractivity contribution < 1.29 is 23.8 Å². The highest BCUT2D eigenvalue weighted by molar-refractivity contribution is 6.31. The van der Waals surface area contributed by atoms with E-state index in [1.807, 2.05) is 5.01 Å². The average molecular weight is 563 g/mol. The molecule has 10 heteroatoms. The van der Waals surface area contributed by atoms with Gasteiger partial charge in [0.1, 0.15) is 11.6 Å². The van der Waals surface area contributed by atoms with E-state index in [1.165, 1.54) is 37.6 Å². The summed E-state index contributed by atoms with van der Waals surface area (Å²) in [6.07, 6.45) is 8.59. The number of terminal acetylenes is 1. The maximum atomic E-state index is 15.0. The third-order valence-corrected chi connectivity index (χ3v) is 6.75. The molecule has 0 aliphatic carbocycles. The molecule has 1 saturated heterocycles. The number of benzene rings is 3. The normalized spacial score (nSPS) is 13.6. The number of anilines is 2. The molecule has 206 valence electrons. The number of hydrogen-bond donors (Lipinski definition) is 3. The molecule has 3 N–H and O–H groups in total. The molecular formula is C30H28ClFN4O4. The Bertz CT molecular complexity index is 1460. The van der Waals surface area contributed by atoms with Crippen molar-refractivity contribution in [2.45, 2.75) is 12.8 Å². The van der Waals surface area contributed by atoms with Crippen molar-refractivity contribution >= 4 is 41.0 Å². The monoisotopic (exact) mass is 562 g/mol. The van der Waals surface area contributed by atoms with Crippen LogP contribution in [-0.4, -0.2) is 55.0 Å². The van der Waals surface area contributed by atoms with Crippen LogP contribution in [0.3, 0.4) is 0 Å². The highest BCUT2D eigenvalue weighted by Crippen LogP contribution is 2.34. The van der Waals surface area contributed by atoms with Crippen molar-refractivity contribution in [1.29, 1.82) is 0 Å². The van der Waals surface area contributed by atoms with Gasteiger partial charge in [0, 0.05) is 42.0 Å². The molecule has 0 unspecified atom stereocenters. The van der Waals surface area contributed by atoms with Gasteiger partial charge < -0.3 is 20.5 Å². The Kier molecular flexibility index (Phi) is 9.38. The maximum Gasteiger partial charge on any atom is 0.258 e.